The van der Waals surface area contributed by atoms with E-state index in [1.807, 2.05) is 12.1 Å². The molecule has 2 aromatic rings. The number of aromatic nitrogens is 1. The Labute approximate surface area is 153 Å². The van der Waals surface area contributed by atoms with Crippen LogP contribution in [0, 0.1) is 22.7 Å². The van der Waals surface area contributed by atoms with Gasteiger partial charge in [0.2, 0.25) is 5.91 Å². The smallest absolute Gasteiger partial charge is 0.289 e. The number of benzene rings is 1. The van der Waals surface area contributed by atoms with Gasteiger partial charge in [0.1, 0.15) is 29.0 Å². The zero-order chi connectivity index (χ0) is 18.4. The second kappa shape index (κ2) is 8.25. The minimum atomic E-state index is -0.314. The van der Waals surface area contributed by atoms with Gasteiger partial charge < -0.3 is 10.1 Å². The second-order valence-electron chi connectivity index (χ2n) is 4.74. The quantitative estimate of drug-likeness (QED) is 0.772. The third kappa shape index (κ3) is 4.54. The number of carbonyl (C=O) groups is 1. The molecule has 1 heterocycles. The highest BCUT2D eigenvalue weighted by Gasteiger charge is 2.16. The molecule has 0 aliphatic heterocycles. The van der Waals surface area contributed by atoms with Crippen LogP contribution in [0.1, 0.15) is 11.1 Å². The Morgan fingerprint density at radius 1 is 1.36 bits per heavy atom. The lowest BCUT2D eigenvalue weighted by molar-refractivity contribution is -0.410. The van der Waals surface area contributed by atoms with Crippen molar-refractivity contribution < 1.29 is 14.5 Å². The normalized spacial score (nSPS) is 9.76. The lowest BCUT2D eigenvalue weighted by Crippen LogP contribution is -2.19. The molecule has 0 saturated carbocycles. The number of ether oxygens (including phenoxy) is 1. The fourth-order valence-electron chi connectivity index (χ4n) is 1.94. The van der Waals surface area contributed by atoms with Crippen molar-refractivity contribution in [2.24, 2.45) is 0 Å². The van der Waals surface area contributed by atoms with Crippen molar-refractivity contribution in [3.63, 3.8) is 0 Å². The van der Waals surface area contributed by atoms with Gasteiger partial charge in [-0.3, -0.25) is 10.5 Å². The van der Waals surface area contributed by atoms with E-state index in [4.69, 9.17) is 32.6 Å². The number of methoxy groups -OCH3 is 1. The number of pyridine rings is 1. The number of hydrogen-bond donors (Lipinski definition) is 2. The summed E-state index contributed by atoms with van der Waals surface area (Å²) in [5, 5.41) is 21.7. The number of nitriles is 2. The fourth-order valence-corrected chi connectivity index (χ4v) is 2.90. The number of hydrogen-bond acceptors (Lipinski definition) is 6. The number of aromatic amines is 1. The molecule has 0 bridgehead atoms. The highest BCUT2D eigenvalue weighted by Crippen LogP contribution is 2.28. The van der Waals surface area contributed by atoms with Crippen molar-refractivity contribution in [3.8, 4) is 17.9 Å². The van der Waals surface area contributed by atoms with Crippen LogP contribution in [0.5, 0.6) is 5.75 Å². The molecule has 0 fully saturated rings. The van der Waals surface area contributed by atoms with Crippen molar-refractivity contribution in [2.45, 2.75) is 5.03 Å². The maximum Gasteiger partial charge on any atom is 0.289 e. The Morgan fingerprint density at radius 3 is 2.72 bits per heavy atom. The molecule has 25 heavy (non-hydrogen) atoms. The van der Waals surface area contributed by atoms with Gasteiger partial charge in [0.05, 0.1) is 18.6 Å². The van der Waals surface area contributed by atoms with Crippen LogP contribution in [-0.2, 0) is 4.79 Å². The highest BCUT2D eigenvalue weighted by atomic mass is 35.5. The molecule has 0 spiro atoms. The first kappa shape index (κ1) is 18.4. The van der Waals surface area contributed by atoms with Crippen molar-refractivity contribution in [1.82, 2.24) is 0 Å². The number of nitrogen functional groups attached to an aromatic ring is 1. The maximum absolute atomic E-state index is 12.2. The molecule has 0 saturated heterocycles. The van der Waals surface area contributed by atoms with E-state index in [2.05, 4.69) is 10.3 Å². The van der Waals surface area contributed by atoms with Crippen LogP contribution in [0.3, 0.4) is 0 Å². The van der Waals surface area contributed by atoms with Crippen molar-refractivity contribution in [1.29, 1.82) is 10.5 Å². The number of halogens is 1. The maximum atomic E-state index is 12.2. The second-order valence-corrected chi connectivity index (χ2v) is 6.17. The monoisotopic (exact) mass is 374 g/mol. The molecule has 0 aliphatic carbocycles. The number of nitrogens with zero attached hydrogens (tertiary/aromatic N) is 2. The summed E-state index contributed by atoms with van der Waals surface area (Å²) in [7, 11) is 1.49. The predicted octanol–water partition coefficient (Wildman–Crippen LogP) is 2.22. The van der Waals surface area contributed by atoms with Gasteiger partial charge in [0.15, 0.2) is 5.03 Å². The van der Waals surface area contributed by atoms with E-state index in [9.17, 15) is 4.79 Å². The lowest BCUT2D eigenvalue weighted by Gasteiger charge is -2.10. The van der Waals surface area contributed by atoms with Gasteiger partial charge in [-0.15, -0.1) is 0 Å². The van der Waals surface area contributed by atoms with Gasteiger partial charge in [-0.1, -0.05) is 23.4 Å². The Kier molecular flexibility index (Phi) is 6.07. The topological polar surface area (TPSA) is 126 Å². The number of anilines is 2. The summed E-state index contributed by atoms with van der Waals surface area (Å²) in [6.07, 6.45) is 0. The van der Waals surface area contributed by atoms with Gasteiger partial charge in [-0.2, -0.15) is 10.5 Å². The average molecular weight is 375 g/mol. The first-order valence-electron chi connectivity index (χ1n) is 6.90. The van der Waals surface area contributed by atoms with Gasteiger partial charge in [0.25, 0.3) is 5.82 Å². The number of nitrogens with one attached hydrogen (secondary N) is 2. The number of carbonyl (C=O) groups excluding carboxylic acids is 1. The number of amides is 1. The Morgan fingerprint density at radius 2 is 2.08 bits per heavy atom. The van der Waals surface area contributed by atoms with Gasteiger partial charge in [-0.05, 0) is 24.3 Å². The van der Waals surface area contributed by atoms with Crippen LogP contribution in [0.15, 0.2) is 29.3 Å². The molecule has 1 aromatic carbocycles. The molecule has 7 nitrogen and oxygen atoms in total. The minimum Gasteiger partial charge on any atom is -0.495 e. The summed E-state index contributed by atoms with van der Waals surface area (Å²) in [4.78, 5) is 14.9. The fraction of sp³-hybridized carbons (Fsp3) is 0.125. The van der Waals surface area contributed by atoms with E-state index < -0.39 is 0 Å². The largest absolute Gasteiger partial charge is 0.495 e. The summed E-state index contributed by atoms with van der Waals surface area (Å²) in [6, 6.07) is 10.1. The molecule has 0 atom stereocenters. The molecule has 1 aromatic heterocycles. The summed E-state index contributed by atoms with van der Waals surface area (Å²) >= 11 is 7.02. The first-order chi connectivity index (χ1) is 12.0. The van der Waals surface area contributed by atoms with Crippen LogP contribution in [0.25, 0.3) is 0 Å². The van der Waals surface area contributed by atoms with Crippen LogP contribution < -0.4 is 20.8 Å². The van der Waals surface area contributed by atoms with Crippen molar-refractivity contribution in [2.75, 3.05) is 23.9 Å². The summed E-state index contributed by atoms with van der Waals surface area (Å²) in [6.45, 7) is 0. The van der Waals surface area contributed by atoms with E-state index in [1.165, 1.54) is 13.2 Å². The number of nitrogens with two attached hydrogens (primary N) is 1. The summed E-state index contributed by atoms with van der Waals surface area (Å²) in [5.41, 5.74) is 6.57. The molecule has 2 rings (SSSR count). The molecule has 0 aliphatic rings. The Hall–Kier alpha value is -2.94. The molecule has 1 amide bonds. The van der Waals surface area contributed by atoms with Crippen molar-refractivity contribution in [3.05, 3.63) is 40.4 Å². The number of thioether (sulfide) groups is 1. The molecular formula is C16H13ClN5O2S+. The van der Waals surface area contributed by atoms with E-state index in [0.29, 0.717) is 21.5 Å². The van der Waals surface area contributed by atoms with Gasteiger partial charge in [-0.25, -0.2) is 4.98 Å². The van der Waals surface area contributed by atoms with Crippen LogP contribution in [-0.4, -0.2) is 18.8 Å². The number of H-pyrrole nitrogens is 1. The van der Waals surface area contributed by atoms with Gasteiger partial charge in [0, 0.05) is 5.02 Å². The molecule has 0 radical (unpaired) electrons. The Balaban J connectivity index is 2.11. The zero-order valence-electron chi connectivity index (χ0n) is 13.1. The summed E-state index contributed by atoms with van der Waals surface area (Å²) in [5.74, 6) is 0.327. The first-order valence-corrected chi connectivity index (χ1v) is 8.27. The van der Waals surface area contributed by atoms with E-state index in [0.717, 1.165) is 11.8 Å². The molecule has 4 N–H and O–H groups in total. The number of rotatable bonds is 5. The van der Waals surface area contributed by atoms with Crippen molar-refractivity contribution >= 4 is 40.8 Å². The third-order valence-corrected chi connectivity index (χ3v) is 4.35. The minimum absolute atomic E-state index is 0.0200. The molecular weight excluding hydrogens is 362 g/mol. The standard InChI is InChI=1S/C16H12ClN5O2S/c1-24-13-3-2-11(17)5-12(13)21-14(23)8-25-16-10(7-19)4-9(6-18)15(20)22-16/h2-5H,8H2,1H3,(H2,20,22)(H,21,23)/p+1. The summed E-state index contributed by atoms with van der Waals surface area (Å²) < 4.78 is 5.17. The average Bonchev–Trinajstić information content (AvgIpc) is 2.60. The van der Waals surface area contributed by atoms with E-state index >= 15 is 0 Å². The highest BCUT2D eigenvalue weighted by molar-refractivity contribution is 7.99. The lowest BCUT2D eigenvalue weighted by atomic mass is 10.2. The van der Waals surface area contributed by atoms with E-state index in [1.54, 1.807) is 18.2 Å². The third-order valence-electron chi connectivity index (χ3n) is 3.10. The van der Waals surface area contributed by atoms with Crippen LogP contribution >= 0.6 is 23.4 Å². The SMILES string of the molecule is COc1ccc(Cl)cc1NC(=O)CSc1[nH+]c(N)c(C#N)cc1C#N. The van der Waals surface area contributed by atoms with Gasteiger partial charge >= 0.3 is 0 Å². The zero-order valence-corrected chi connectivity index (χ0v) is 14.7. The van der Waals surface area contributed by atoms with E-state index in [-0.39, 0.29) is 28.6 Å². The van der Waals surface area contributed by atoms with Crippen LogP contribution in [0.4, 0.5) is 11.5 Å². The Bertz CT molecular complexity index is 905. The van der Waals surface area contributed by atoms with Crippen LogP contribution in [0.2, 0.25) is 5.02 Å². The molecule has 9 heteroatoms. The predicted molar refractivity (Wildman–Crippen MR) is 94.2 cm³/mol. The molecule has 0 unspecified atom stereocenters. The molecule has 126 valence electrons.